The minimum atomic E-state index is -0.105. The van der Waals surface area contributed by atoms with Gasteiger partial charge in [-0.1, -0.05) is 41.0 Å². The minimum absolute atomic E-state index is 0.105. The minimum Gasteiger partial charge on any atom is -0.391 e. The van der Waals surface area contributed by atoms with Gasteiger partial charge in [0.15, 0.2) is 0 Å². The van der Waals surface area contributed by atoms with Crippen molar-refractivity contribution in [2.45, 2.75) is 117 Å². The average Bonchev–Trinajstić information content (AvgIpc) is 3.07. The van der Waals surface area contributed by atoms with Crippen LogP contribution >= 0.6 is 0 Å². The van der Waals surface area contributed by atoms with Crippen LogP contribution in [0.15, 0.2) is 0 Å². The van der Waals surface area contributed by atoms with Gasteiger partial charge in [0.2, 0.25) is 0 Å². The Morgan fingerprint density at radius 1 is 0.906 bits per heavy atom. The number of hydrogen-bond donors (Lipinski definition) is 1. The van der Waals surface area contributed by atoms with Crippen molar-refractivity contribution in [3.05, 3.63) is 0 Å². The maximum atomic E-state index is 11.6. The molecule has 1 saturated heterocycles. The highest BCUT2D eigenvalue weighted by Crippen LogP contribution is 2.67. The highest BCUT2D eigenvalue weighted by Gasteiger charge is 2.63. The predicted molar refractivity (Wildman–Crippen MR) is 134 cm³/mol. The molecule has 1 aliphatic heterocycles. The molecule has 0 radical (unpaired) electrons. The Morgan fingerprint density at radius 2 is 1.62 bits per heavy atom. The van der Waals surface area contributed by atoms with Crippen LogP contribution in [0.25, 0.3) is 0 Å². The molecule has 5 rings (SSSR count). The largest absolute Gasteiger partial charge is 0.391 e. The van der Waals surface area contributed by atoms with E-state index in [9.17, 15) is 5.11 Å². The fourth-order valence-electron chi connectivity index (χ4n) is 10.3. The van der Waals surface area contributed by atoms with Crippen molar-refractivity contribution in [1.82, 2.24) is 9.80 Å². The van der Waals surface area contributed by atoms with Crippen LogP contribution in [0.3, 0.4) is 0 Å². The predicted octanol–water partition coefficient (Wildman–Crippen LogP) is 5.81. The Morgan fingerprint density at radius 3 is 2.31 bits per heavy atom. The van der Waals surface area contributed by atoms with Crippen molar-refractivity contribution < 1.29 is 5.11 Å². The zero-order valence-corrected chi connectivity index (χ0v) is 21.9. The van der Waals surface area contributed by atoms with E-state index in [2.05, 4.69) is 44.4 Å². The summed E-state index contributed by atoms with van der Waals surface area (Å²) in [5.74, 6) is 4.25. The van der Waals surface area contributed by atoms with Gasteiger partial charge in [0.1, 0.15) is 0 Å². The molecule has 184 valence electrons. The summed E-state index contributed by atoms with van der Waals surface area (Å²) in [5.41, 5.74) is 0.672. The van der Waals surface area contributed by atoms with Crippen LogP contribution in [0.1, 0.15) is 98.8 Å². The van der Waals surface area contributed by atoms with E-state index in [4.69, 9.17) is 0 Å². The second-order valence-electron chi connectivity index (χ2n) is 13.3. The van der Waals surface area contributed by atoms with Crippen LogP contribution in [0.2, 0.25) is 0 Å². The topological polar surface area (TPSA) is 26.7 Å². The first-order valence-corrected chi connectivity index (χ1v) is 14.5. The number of hydrogen-bond acceptors (Lipinski definition) is 3. The van der Waals surface area contributed by atoms with Gasteiger partial charge in [-0.25, -0.2) is 0 Å². The summed E-state index contributed by atoms with van der Waals surface area (Å²) < 4.78 is 0. The Labute approximate surface area is 198 Å². The maximum Gasteiger partial charge on any atom is 0.0751 e. The van der Waals surface area contributed by atoms with E-state index < -0.39 is 0 Å². The number of nitrogens with zero attached hydrogens (tertiary/aromatic N) is 2. The van der Waals surface area contributed by atoms with Crippen LogP contribution in [0.5, 0.6) is 0 Å². The molecule has 0 unspecified atom stereocenters. The molecule has 0 amide bonds. The molecule has 4 aliphatic carbocycles. The summed E-state index contributed by atoms with van der Waals surface area (Å²) in [6, 6.07) is 1.21. The molecule has 0 aromatic heterocycles. The van der Waals surface area contributed by atoms with E-state index in [0.717, 1.165) is 35.6 Å². The number of aliphatic hydroxyl groups excluding tert-OH is 1. The van der Waals surface area contributed by atoms with Crippen LogP contribution < -0.4 is 0 Å². The number of piperidine rings is 1. The molecule has 4 saturated carbocycles. The zero-order chi connectivity index (χ0) is 22.7. The molecule has 0 spiro atoms. The molecule has 5 aliphatic rings. The highest BCUT2D eigenvalue weighted by atomic mass is 16.3. The maximum absolute atomic E-state index is 11.6. The van der Waals surface area contributed by atoms with E-state index >= 15 is 0 Å². The van der Waals surface area contributed by atoms with Crippen molar-refractivity contribution in [1.29, 1.82) is 0 Å². The van der Waals surface area contributed by atoms with E-state index in [0.29, 0.717) is 11.5 Å². The normalized spacial score (nSPS) is 51.8. The van der Waals surface area contributed by atoms with Crippen molar-refractivity contribution in [2.75, 3.05) is 26.2 Å². The van der Waals surface area contributed by atoms with Crippen LogP contribution in [0.4, 0.5) is 0 Å². The van der Waals surface area contributed by atoms with E-state index in [-0.39, 0.29) is 11.5 Å². The first-order valence-electron chi connectivity index (χ1n) is 14.5. The lowest BCUT2D eigenvalue weighted by Gasteiger charge is -2.62. The number of likely N-dealkylation sites (tertiary alicyclic amines) is 1. The molecule has 3 heteroatoms. The molecule has 0 bridgehead atoms. The van der Waals surface area contributed by atoms with Gasteiger partial charge >= 0.3 is 0 Å². The second kappa shape index (κ2) is 8.83. The highest BCUT2D eigenvalue weighted by molar-refractivity contribution is 5.13. The lowest BCUT2D eigenvalue weighted by molar-refractivity contribution is -0.140. The first kappa shape index (κ1) is 23.6. The lowest BCUT2D eigenvalue weighted by Crippen LogP contribution is -2.58. The Kier molecular flexibility index (Phi) is 6.52. The number of rotatable bonds is 4. The van der Waals surface area contributed by atoms with Crippen LogP contribution in [-0.2, 0) is 0 Å². The molecule has 10 atom stereocenters. The van der Waals surface area contributed by atoms with Crippen molar-refractivity contribution in [2.24, 2.45) is 40.4 Å². The van der Waals surface area contributed by atoms with Crippen molar-refractivity contribution >= 4 is 0 Å². The zero-order valence-electron chi connectivity index (χ0n) is 21.9. The fourth-order valence-corrected chi connectivity index (χ4v) is 10.3. The third-order valence-corrected chi connectivity index (χ3v) is 12.1. The van der Waals surface area contributed by atoms with Crippen LogP contribution in [-0.4, -0.2) is 59.3 Å². The smallest absolute Gasteiger partial charge is 0.0751 e. The molecule has 5 fully saturated rings. The molecule has 1 N–H and O–H groups in total. The molecule has 0 aromatic carbocycles. The van der Waals surface area contributed by atoms with Gasteiger partial charge in [0.25, 0.3) is 0 Å². The van der Waals surface area contributed by atoms with Crippen molar-refractivity contribution in [3.63, 3.8) is 0 Å². The molecule has 1 heterocycles. The first-order chi connectivity index (χ1) is 15.3. The number of aliphatic hydroxyl groups is 1. The fraction of sp³-hybridized carbons (Fsp3) is 1.00. The van der Waals surface area contributed by atoms with Gasteiger partial charge in [-0.3, -0.25) is 4.90 Å². The van der Waals surface area contributed by atoms with Gasteiger partial charge in [-0.15, -0.1) is 0 Å². The lowest BCUT2D eigenvalue weighted by atomic mass is 9.44. The molecular formula is C29H52N2O. The molecule has 3 nitrogen and oxygen atoms in total. The Balaban J connectivity index is 1.39. The second-order valence-corrected chi connectivity index (χ2v) is 13.3. The van der Waals surface area contributed by atoms with Gasteiger partial charge in [0, 0.05) is 12.1 Å². The summed E-state index contributed by atoms with van der Waals surface area (Å²) in [6.45, 7) is 17.3. The quantitative estimate of drug-likeness (QED) is 0.593. The van der Waals surface area contributed by atoms with Crippen molar-refractivity contribution in [3.8, 4) is 0 Å². The summed E-state index contributed by atoms with van der Waals surface area (Å²) in [6.07, 6.45) is 13.6. The van der Waals surface area contributed by atoms with Gasteiger partial charge < -0.3 is 10.0 Å². The third kappa shape index (κ3) is 3.54. The third-order valence-electron chi connectivity index (χ3n) is 12.1. The summed E-state index contributed by atoms with van der Waals surface area (Å²) in [7, 11) is 0. The van der Waals surface area contributed by atoms with E-state index in [1.807, 2.05) is 0 Å². The molecule has 32 heavy (non-hydrogen) atoms. The van der Waals surface area contributed by atoms with Gasteiger partial charge in [0.05, 0.1) is 6.10 Å². The monoisotopic (exact) mass is 444 g/mol. The van der Waals surface area contributed by atoms with E-state index in [1.54, 1.807) is 0 Å². The summed E-state index contributed by atoms with van der Waals surface area (Å²) in [4.78, 5) is 5.47. The average molecular weight is 445 g/mol. The molecular weight excluding hydrogens is 392 g/mol. The molecule has 0 aromatic rings. The number of fused-ring (bicyclic) bond motifs is 5. The Hall–Kier alpha value is -0.120. The van der Waals surface area contributed by atoms with Gasteiger partial charge in [-0.05, 0) is 124 Å². The Bertz CT molecular complexity index is 658. The van der Waals surface area contributed by atoms with Crippen LogP contribution in [0, 0.1) is 40.4 Å². The standard InChI is InChI=1S/C29H52N2O/c1-6-30(7-2)26-19-29(5)21(17-20(26)3)11-12-22-23(29)13-14-28(4)24(22)18-25(27(28)32)31-15-9-8-10-16-31/h20-27,32H,6-19H2,1-5H3/t20-,21+,22-,23+,24+,25+,26+,27+,28+,29+/m1/s1. The summed E-state index contributed by atoms with van der Waals surface area (Å²) in [5, 5.41) is 11.6. The summed E-state index contributed by atoms with van der Waals surface area (Å²) >= 11 is 0. The SMILES string of the molecule is CCN(CC)[C@H]1C[C@@]2(C)[C@@H](CC[C@@H]3[C@@H]2CC[C@]2(C)[C@@H](O)[C@@H](N4CCCCC4)C[C@@H]32)C[C@H]1C. The van der Waals surface area contributed by atoms with Gasteiger partial charge in [-0.2, -0.15) is 0 Å². The van der Waals surface area contributed by atoms with E-state index in [1.165, 1.54) is 90.4 Å².